The van der Waals surface area contributed by atoms with Crippen LogP contribution in [0.5, 0.6) is 0 Å². The molecular formula is C27H19N. The zero-order valence-corrected chi connectivity index (χ0v) is 15.5. The van der Waals surface area contributed by atoms with Crippen molar-refractivity contribution in [3.05, 3.63) is 103 Å². The molecule has 5 aromatic rings. The molecular weight excluding hydrogens is 338 g/mol. The molecule has 0 saturated carbocycles. The summed E-state index contributed by atoms with van der Waals surface area (Å²) in [4.78, 5) is 0. The van der Waals surface area contributed by atoms with E-state index in [4.69, 9.17) is 0 Å². The Kier molecular flexibility index (Phi) is 3.15. The van der Waals surface area contributed by atoms with Crippen molar-refractivity contribution in [1.29, 1.82) is 0 Å². The average molecular weight is 357 g/mol. The molecule has 0 saturated heterocycles. The van der Waals surface area contributed by atoms with E-state index >= 15 is 0 Å². The minimum absolute atomic E-state index is 0.874. The highest BCUT2D eigenvalue weighted by Gasteiger charge is 2.23. The number of benzene rings is 4. The van der Waals surface area contributed by atoms with Crippen molar-refractivity contribution in [2.45, 2.75) is 6.42 Å². The lowest BCUT2D eigenvalue weighted by molar-refractivity contribution is 1.16. The lowest BCUT2D eigenvalue weighted by Crippen LogP contribution is -1.97. The van der Waals surface area contributed by atoms with E-state index < -0.39 is 0 Å². The lowest BCUT2D eigenvalue weighted by atomic mass is 9.93. The molecule has 2 heterocycles. The Labute approximate surface area is 164 Å². The molecule has 0 fully saturated rings. The van der Waals surface area contributed by atoms with Gasteiger partial charge in [-0.1, -0.05) is 78.9 Å². The zero-order chi connectivity index (χ0) is 18.7. The molecule has 0 N–H and O–H groups in total. The molecule has 0 radical (unpaired) electrons. The van der Waals surface area contributed by atoms with E-state index in [-0.39, 0.29) is 0 Å². The molecule has 28 heavy (non-hydrogen) atoms. The van der Waals surface area contributed by atoms with Crippen molar-refractivity contribution in [1.82, 2.24) is 4.57 Å². The highest BCUT2D eigenvalue weighted by Crippen LogP contribution is 2.46. The minimum Gasteiger partial charge on any atom is -0.308 e. The Hall–Kier alpha value is -3.58. The highest BCUT2D eigenvalue weighted by atomic mass is 15.0. The van der Waals surface area contributed by atoms with Crippen LogP contribution in [0.3, 0.4) is 0 Å². The molecule has 0 atom stereocenters. The first kappa shape index (κ1) is 15.5. The van der Waals surface area contributed by atoms with Crippen LogP contribution in [0.1, 0.15) is 5.56 Å². The summed E-state index contributed by atoms with van der Waals surface area (Å²) in [6.45, 7) is 3.93. The van der Waals surface area contributed by atoms with Gasteiger partial charge in [0.2, 0.25) is 0 Å². The molecule has 0 aliphatic carbocycles. The number of para-hydroxylation sites is 2. The maximum absolute atomic E-state index is 3.93. The first-order chi connectivity index (χ1) is 13.9. The fourth-order valence-corrected chi connectivity index (χ4v) is 4.72. The van der Waals surface area contributed by atoms with Gasteiger partial charge in [-0.2, -0.15) is 0 Å². The van der Waals surface area contributed by atoms with Crippen LogP contribution in [0.15, 0.2) is 97.6 Å². The molecule has 0 unspecified atom stereocenters. The molecule has 1 heteroatoms. The second-order valence-electron chi connectivity index (χ2n) is 7.44. The standard InChI is InChI=1S/C27H19N/c1-2-8-18-15-16-22-19-9-3-4-10-20(19)23-12-7-13-24-21-11-5-6-14-25(21)28(27(23)24)26(22)17-18/h2-7,9-17H,1,8H2. The van der Waals surface area contributed by atoms with Gasteiger partial charge in [0.05, 0.1) is 16.7 Å². The summed E-state index contributed by atoms with van der Waals surface area (Å²) in [6.07, 6.45) is 2.85. The summed E-state index contributed by atoms with van der Waals surface area (Å²) in [7, 11) is 0. The molecule has 1 nitrogen and oxygen atoms in total. The van der Waals surface area contributed by atoms with E-state index in [0.29, 0.717) is 0 Å². The van der Waals surface area contributed by atoms with Crippen molar-refractivity contribution in [2.24, 2.45) is 0 Å². The molecule has 0 bridgehead atoms. The Bertz CT molecular complexity index is 1400. The Balaban J connectivity index is 1.90. The quantitative estimate of drug-likeness (QED) is 0.290. The van der Waals surface area contributed by atoms with Crippen LogP contribution in [0.25, 0.3) is 49.7 Å². The Morgan fingerprint density at radius 2 is 1.39 bits per heavy atom. The van der Waals surface area contributed by atoms with Crippen molar-refractivity contribution in [3.8, 4) is 27.9 Å². The lowest BCUT2D eigenvalue weighted by Gasteiger charge is -2.14. The highest BCUT2D eigenvalue weighted by molar-refractivity contribution is 6.16. The van der Waals surface area contributed by atoms with Gasteiger partial charge in [0.1, 0.15) is 0 Å². The van der Waals surface area contributed by atoms with Crippen LogP contribution >= 0.6 is 0 Å². The van der Waals surface area contributed by atoms with Crippen molar-refractivity contribution < 1.29 is 0 Å². The van der Waals surface area contributed by atoms with E-state index in [9.17, 15) is 0 Å². The number of hydrogen-bond donors (Lipinski definition) is 0. The van der Waals surface area contributed by atoms with Gasteiger partial charge < -0.3 is 4.57 Å². The van der Waals surface area contributed by atoms with Gasteiger partial charge in [-0.05, 0) is 35.2 Å². The van der Waals surface area contributed by atoms with Crippen molar-refractivity contribution in [2.75, 3.05) is 0 Å². The molecule has 1 aliphatic rings. The topological polar surface area (TPSA) is 4.93 Å². The third-order valence-corrected chi connectivity index (χ3v) is 5.89. The van der Waals surface area contributed by atoms with Crippen LogP contribution in [0.4, 0.5) is 0 Å². The summed E-state index contributed by atoms with van der Waals surface area (Å²) in [5.74, 6) is 0. The smallest absolute Gasteiger partial charge is 0.0619 e. The zero-order valence-electron chi connectivity index (χ0n) is 15.5. The van der Waals surface area contributed by atoms with Crippen LogP contribution in [0, 0.1) is 0 Å². The van der Waals surface area contributed by atoms with Crippen molar-refractivity contribution >= 4 is 21.8 Å². The number of allylic oxidation sites excluding steroid dienone is 1. The number of rotatable bonds is 2. The molecule has 0 amide bonds. The third-order valence-electron chi connectivity index (χ3n) is 5.89. The van der Waals surface area contributed by atoms with Gasteiger partial charge in [0, 0.05) is 21.9 Å². The normalized spacial score (nSPS) is 11.9. The molecule has 1 aliphatic heterocycles. The summed E-state index contributed by atoms with van der Waals surface area (Å²) in [6, 6.07) is 31.0. The maximum Gasteiger partial charge on any atom is 0.0619 e. The molecule has 1 aromatic heterocycles. The summed E-state index contributed by atoms with van der Waals surface area (Å²) >= 11 is 0. The van der Waals surface area contributed by atoms with Crippen LogP contribution in [-0.2, 0) is 6.42 Å². The van der Waals surface area contributed by atoms with Gasteiger partial charge in [-0.3, -0.25) is 0 Å². The number of aromatic nitrogens is 1. The van der Waals surface area contributed by atoms with E-state index in [1.807, 2.05) is 6.08 Å². The second-order valence-corrected chi connectivity index (χ2v) is 7.44. The van der Waals surface area contributed by atoms with Crippen molar-refractivity contribution in [3.63, 3.8) is 0 Å². The van der Waals surface area contributed by atoms with Gasteiger partial charge >= 0.3 is 0 Å². The predicted molar refractivity (Wildman–Crippen MR) is 119 cm³/mol. The number of fused-ring (bicyclic) bond motifs is 8. The van der Waals surface area contributed by atoms with Gasteiger partial charge in [0.25, 0.3) is 0 Å². The van der Waals surface area contributed by atoms with E-state index in [1.165, 1.54) is 55.3 Å². The van der Waals surface area contributed by atoms with Crippen LogP contribution in [0.2, 0.25) is 0 Å². The summed E-state index contributed by atoms with van der Waals surface area (Å²) in [5, 5.41) is 2.61. The Morgan fingerprint density at radius 1 is 0.679 bits per heavy atom. The fourth-order valence-electron chi connectivity index (χ4n) is 4.72. The summed E-state index contributed by atoms with van der Waals surface area (Å²) in [5.41, 5.74) is 10.3. The molecule has 132 valence electrons. The largest absolute Gasteiger partial charge is 0.308 e. The average Bonchev–Trinajstić information content (AvgIpc) is 3.02. The van der Waals surface area contributed by atoms with Crippen LogP contribution < -0.4 is 0 Å². The maximum atomic E-state index is 3.93. The minimum atomic E-state index is 0.874. The first-order valence-corrected chi connectivity index (χ1v) is 9.73. The van der Waals surface area contributed by atoms with E-state index in [2.05, 4.69) is 96.1 Å². The predicted octanol–water partition coefficient (Wildman–Crippen LogP) is 7.16. The molecule has 6 rings (SSSR count). The monoisotopic (exact) mass is 357 g/mol. The van der Waals surface area contributed by atoms with Gasteiger partial charge in [-0.25, -0.2) is 0 Å². The van der Waals surface area contributed by atoms with E-state index in [0.717, 1.165) is 6.42 Å². The summed E-state index contributed by atoms with van der Waals surface area (Å²) < 4.78 is 2.46. The van der Waals surface area contributed by atoms with Gasteiger partial charge in [0.15, 0.2) is 0 Å². The van der Waals surface area contributed by atoms with Crippen LogP contribution in [-0.4, -0.2) is 4.57 Å². The first-order valence-electron chi connectivity index (χ1n) is 9.73. The van der Waals surface area contributed by atoms with E-state index in [1.54, 1.807) is 0 Å². The number of nitrogens with zero attached hydrogens (tertiary/aromatic N) is 1. The van der Waals surface area contributed by atoms with Gasteiger partial charge in [-0.15, -0.1) is 6.58 Å². The number of hydrogen-bond acceptors (Lipinski definition) is 0. The molecule has 4 aromatic carbocycles. The Morgan fingerprint density at radius 3 is 2.25 bits per heavy atom. The molecule has 0 spiro atoms. The fraction of sp³-hybridized carbons (Fsp3) is 0.0370. The SMILES string of the molecule is C=CCc1ccc2c(c1)-n1c3ccccc3c3cccc(c31)-c1ccccc1-2. The third kappa shape index (κ3) is 1.96. The second kappa shape index (κ2) is 5.71.